The lowest BCUT2D eigenvalue weighted by atomic mass is 9.95. The van der Waals surface area contributed by atoms with Crippen molar-refractivity contribution in [3.8, 4) is 23.8 Å². The van der Waals surface area contributed by atoms with Crippen molar-refractivity contribution in [3.63, 3.8) is 0 Å². The van der Waals surface area contributed by atoms with E-state index in [1.807, 2.05) is 6.07 Å². The lowest BCUT2D eigenvalue weighted by Crippen LogP contribution is -2.32. The standard InChI is InChI=1S/C24H19F3N8O2/c1-36-16-6-5-13(8-17(16)37-10-12-3-2-4-14(7-12)24(25,26)27)20-18-19(30)15(9-28)21(31)34-22(18)35-23(33-20)32-11-29/h2-8,20H,10H2,1H3,(H6,30,31,32,33,34,35). The molecule has 13 heteroatoms. The van der Waals surface area contributed by atoms with Gasteiger partial charge in [0, 0.05) is 5.56 Å². The van der Waals surface area contributed by atoms with Gasteiger partial charge in [-0.15, -0.1) is 0 Å². The van der Waals surface area contributed by atoms with Crippen LogP contribution in [0.2, 0.25) is 0 Å². The summed E-state index contributed by atoms with van der Waals surface area (Å²) < 4.78 is 50.4. The lowest BCUT2D eigenvalue weighted by Gasteiger charge is -2.26. The second kappa shape index (κ2) is 9.83. The number of aliphatic imine (C=N–C) groups is 1. The predicted octanol–water partition coefficient (Wildman–Crippen LogP) is 3.67. The van der Waals surface area contributed by atoms with Gasteiger partial charge >= 0.3 is 6.18 Å². The van der Waals surface area contributed by atoms with Gasteiger partial charge in [-0.3, -0.25) is 5.32 Å². The summed E-state index contributed by atoms with van der Waals surface area (Å²) in [4.78, 5) is 8.68. The first-order valence-electron chi connectivity index (χ1n) is 10.6. The topological polar surface area (TPSA) is 167 Å². The minimum atomic E-state index is -4.48. The van der Waals surface area contributed by atoms with Crippen LogP contribution in [0.1, 0.15) is 33.9 Å². The summed E-state index contributed by atoms with van der Waals surface area (Å²) in [5.74, 6) is 0.727. The van der Waals surface area contributed by atoms with E-state index in [1.54, 1.807) is 24.4 Å². The molecule has 1 aromatic heterocycles. The number of benzene rings is 2. The Bertz CT molecular complexity index is 1470. The molecule has 188 valence electrons. The van der Waals surface area contributed by atoms with Gasteiger partial charge in [-0.25, -0.2) is 9.98 Å². The van der Waals surface area contributed by atoms with Crippen LogP contribution in [0, 0.1) is 22.8 Å². The minimum absolute atomic E-state index is 0.0213. The number of alkyl halides is 3. The Morgan fingerprint density at radius 1 is 1.14 bits per heavy atom. The van der Waals surface area contributed by atoms with Crippen LogP contribution in [0.5, 0.6) is 11.5 Å². The summed E-state index contributed by atoms with van der Waals surface area (Å²) in [6.45, 7) is -0.171. The third-order valence-corrected chi connectivity index (χ3v) is 5.51. The summed E-state index contributed by atoms with van der Waals surface area (Å²) in [6.07, 6.45) is -2.72. The van der Waals surface area contributed by atoms with E-state index in [-0.39, 0.29) is 41.2 Å². The molecule has 10 nitrogen and oxygen atoms in total. The van der Waals surface area contributed by atoms with Crippen LogP contribution in [0.3, 0.4) is 0 Å². The summed E-state index contributed by atoms with van der Waals surface area (Å²) in [6, 6.07) is 10.7. The Balaban J connectivity index is 1.74. The molecule has 0 saturated carbocycles. The van der Waals surface area contributed by atoms with Crippen LogP contribution in [0.15, 0.2) is 47.5 Å². The number of nitrogens with zero attached hydrogens (tertiary/aromatic N) is 4. The first kappa shape index (κ1) is 24.9. The summed E-state index contributed by atoms with van der Waals surface area (Å²) in [5.41, 5.74) is 12.5. The summed E-state index contributed by atoms with van der Waals surface area (Å²) in [7, 11) is 1.42. The zero-order chi connectivity index (χ0) is 26.7. The maximum Gasteiger partial charge on any atom is 0.416 e. The van der Waals surface area contributed by atoms with E-state index in [9.17, 15) is 18.4 Å². The Kier molecular flexibility index (Phi) is 6.63. The fourth-order valence-corrected chi connectivity index (χ4v) is 3.80. The Morgan fingerprint density at radius 2 is 1.92 bits per heavy atom. The van der Waals surface area contributed by atoms with E-state index >= 15 is 0 Å². The molecule has 2 heterocycles. The molecule has 0 bridgehead atoms. The predicted molar refractivity (Wildman–Crippen MR) is 128 cm³/mol. The van der Waals surface area contributed by atoms with Gasteiger partial charge in [0.15, 0.2) is 17.7 Å². The van der Waals surface area contributed by atoms with E-state index < -0.39 is 17.8 Å². The smallest absolute Gasteiger partial charge is 0.416 e. The third kappa shape index (κ3) is 4.97. The molecule has 0 amide bonds. The second-order valence-corrected chi connectivity index (χ2v) is 7.80. The van der Waals surface area contributed by atoms with E-state index in [0.717, 1.165) is 12.1 Å². The molecule has 3 aromatic rings. The number of aromatic nitrogens is 1. The highest BCUT2D eigenvalue weighted by atomic mass is 19.4. The Hall–Kier alpha value is -5.17. The van der Waals surface area contributed by atoms with Gasteiger partial charge in [0.1, 0.15) is 35.9 Å². The van der Waals surface area contributed by atoms with Crippen LogP contribution in [-0.4, -0.2) is 18.1 Å². The number of ether oxygens (including phenoxy) is 2. The molecule has 0 aliphatic carbocycles. The fourth-order valence-electron chi connectivity index (χ4n) is 3.80. The summed E-state index contributed by atoms with van der Waals surface area (Å²) >= 11 is 0. The monoisotopic (exact) mass is 508 g/mol. The maximum absolute atomic E-state index is 13.1. The zero-order valence-electron chi connectivity index (χ0n) is 19.2. The number of nitrogens with two attached hydrogens (primary N) is 2. The molecule has 1 unspecified atom stereocenters. The number of guanidine groups is 1. The third-order valence-electron chi connectivity index (χ3n) is 5.51. The van der Waals surface area contributed by atoms with Gasteiger partial charge < -0.3 is 26.3 Å². The normalized spacial score (nSPS) is 14.3. The van der Waals surface area contributed by atoms with Crippen LogP contribution < -0.4 is 31.6 Å². The average molecular weight is 508 g/mol. The molecule has 1 aliphatic rings. The highest BCUT2D eigenvalue weighted by molar-refractivity contribution is 5.98. The van der Waals surface area contributed by atoms with Crippen molar-refractivity contribution in [3.05, 3.63) is 70.3 Å². The molecule has 0 spiro atoms. The van der Waals surface area contributed by atoms with Gasteiger partial charge in [-0.2, -0.15) is 23.7 Å². The van der Waals surface area contributed by atoms with Crippen molar-refractivity contribution in [2.24, 2.45) is 4.99 Å². The molecule has 2 aromatic carbocycles. The van der Waals surface area contributed by atoms with E-state index in [4.69, 9.17) is 26.2 Å². The van der Waals surface area contributed by atoms with Crippen LogP contribution in [0.4, 0.5) is 30.5 Å². The number of halogens is 3. The first-order chi connectivity index (χ1) is 17.7. The molecule has 37 heavy (non-hydrogen) atoms. The SMILES string of the molecule is COc1ccc(C2N=C(NC#N)Nc3nc(N)c(C#N)c(N)c32)cc1OCc1cccc(C(F)(F)F)c1. The van der Waals surface area contributed by atoms with Gasteiger partial charge in [-0.1, -0.05) is 18.2 Å². The largest absolute Gasteiger partial charge is 0.493 e. The van der Waals surface area contributed by atoms with Gasteiger partial charge in [0.25, 0.3) is 0 Å². The first-order valence-corrected chi connectivity index (χ1v) is 10.6. The number of methoxy groups -OCH3 is 1. The number of nitrogens with one attached hydrogen (secondary N) is 2. The minimum Gasteiger partial charge on any atom is -0.493 e. The van der Waals surface area contributed by atoms with Crippen molar-refractivity contribution in [1.82, 2.24) is 10.3 Å². The number of nitrogen functional groups attached to an aromatic ring is 2. The van der Waals surface area contributed by atoms with Crippen molar-refractivity contribution >= 4 is 23.3 Å². The zero-order valence-corrected chi connectivity index (χ0v) is 19.2. The van der Waals surface area contributed by atoms with Crippen molar-refractivity contribution in [2.75, 3.05) is 23.9 Å². The molecular formula is C24H19F3N8O2. The van der Waals surface area contributed by atoms with Gasteiger partial charge in [0.2, 0.25) is 5.96 Å². The van der Waals surface area contributed by atoms with E-state index in [0.29, 0.717) is 22.4 Å². The second-order valence-electron chi connectivity index (χ2n) is 7.80. The number of hydrogen-bond donors (Lipinski definition) is 4. The van der Waals surface area contributed by atoms with Crippen LogP contribution in [-0.2, 0) is 12.8 Å². The molecule has 6 N–H and O–H groups in total. The number of pyridine rings is 1. The summed E-state index contributed by atoms with van der Waals surface area (Å²) in [5, 5.41) is 23.8. The molecule has 0 saturated heterocycles. The van der Waals surface area contributed by atoms with E-state index in [1.165, 1.54) is 19.2 Å². The fraction of sp³-hybridized carbons (Fsp3) is 0.167. The molecule has 4 rings (SSSR count). The molecule has 0 radical (unpaired) electrons. The Labute approximate surface area is 208 Å². The molecular weight excluding hydrogens is 489 g/mol. The highest BCUT2D eigenvalue weighted by Crippen LogP contribution is 2.42. The van der Waals surface area contributed by atoms with Crippen molar-refractivity contribution < 1.29 is 22.6 Å². The number of hydrogen-bond acceptors (Lipinski definition) is 10. The van der Waals surface area contributed by atoms with Gasteiger partial charge in [0.05, 0.1) is 18.4 Å². The number of rotatable bonds is 5. The average Bonchev–Trinajstić information content (AvgIpc) is 2.87. The van der Waals surface area contributed by atoms with Crippen molar-refractivity contribution in [2.45, 2.75) is 18.8 Å². The lowest BCUT2D eigenvalue weighted by molar-refractivity contribution is -0.137. The van der Waals surface area contributed by atoms with E-state index in [2.05, 4.69) is 20.6 Å². The molecule has 1 aliphatic heterocycles. The Morgan fingerprint density at radius 3 is 2.59 bits per heavy atom. The molecule has 1 atom stereocenters. The van der Waals surface area contributed by atoms with Gasteiger partial charge in [-0.05, 0) is 35.4 Å². The van der Waals surface area contributed by atoms with Crippen LogP contribution in [0.25, 0.3) is 0 Å². The van der Waals surface area contributed by atoms with Crippen LogP contribution >= 0.6 is 0 Å². The van der Waals surface area contributed by atoms with Crippen molar-refractivity contribution in [1.29, 1.82) is 10.5 Å². The molecule has 0 fully saturated rings. The highest BCUT2D eigenvalue weighted by Gasteiger charge is 2.31. The number of anilines is 3. The number of fused-ring (bicyclic) bond motifs is 1. The quantitative estimate of drug-likeness (QED) is 0.297. The number of nitriles is 2. The maximum atomic E-state index is 13.1.